The zero-order valence-electron chi connectivity index (χ0n) is 23.2. The first-order valence-corrected chi connectivity index (χ1v) is 13.4. The fraction of sp³-hybridized carbons (Fsp3) is 0.643. The maximum absolute atomic E-state index is 12.5. The van der Waals surface area contributed by atoms with Crippen LogP contribution < -0.4 is 15.2 Å². The maximum atomic E-state index is 12.5. The summed E-state index contributed by atoms with van der Waals surface area (Å²) in [4.78, 5) is 48.7. The first-order chi connectivity index (χ1) is 18.0. The van der Waals surface area contributed by atoms with Gasteiger partial charge in [0.05, 0.1) is 6.61 Å². The van der Waals surface area contributed by atoms with E-state index in [1.54, 1.807) is 26.8 Å². The van der Waals surface area contributed by atoms with Gasteiger partial charge in [0, 0.05) is 24.7 Å². The Morgan fingerprint density at radius 3 is 1.92 bits per heavy atom. The molecule has 0 heterocycles. The van der Waals surface area contributed by atoms with Crippen molar-refractivity contribution < 1.29 is 43.2 Å². The summed E-state index contributed by atoms with van der Waals surface area (Å²) in [6.45, 7) is 9.13. The zero-order chi connectivity index (χ0) is 28.7. The molecule has 10 heteroatoms. The Morgan fingerprint density at radius 1 is 0.868 bits per heavy atom. The highest BCUT2D eigenvalue weighted by Gasteiger charge is 2.36. The van der Waals surface area contributed by atoms with Gasteiger partial charge >= 0.3 is 24.1 Å². The molecular weight excluding hydrogens is 494 g/mol. The van der Waals surface area contributed by atoms with Gasteiger partial charge in [0.25, 0.3) is 0 Å². The number of carboxylic acids is 1. The number of ether oxygens (including phenoxy) is 4. The Bertz CT molecular complexity index is 918. The van der Waals surface area contributed by atoms with Gasteiger partial charge in [-0.05, 0) is 44.4 Å². The molecule has 0 radical (unpaired) electrons. The summed E-state index contributed by atoms with van der Waals surface area (Å²) in [6, 6.07) is 3.14. The van der Waals surface area contributed by atoms with Gasteiger partial charge in [-0.15, -0.1) is 0 Å². The first kappa shape index (κ1) is 32.9. The highest BCUT2D eigenvalue weighted by Crippen LogP contribution is 2.37. The highest BCUT2D eigenvalue weighted by atomic mass is 16.7. The molecule has 0 bridgehead atoms. The molecule has 0 saturated carbocycles. The molecule has 4 atom stereocenters. The number of carbonyl (C=O) groups excluding carboxylic acids is 3. The van der Waals surface area contributed by atoms with Crippen molar-refractivity contribution in [2.45, 2.75) is 104 Å². The topological polar surface area (TPSA) is 151 Å². The van der Waals surface area contributed by atoms with Gasteiger partial charge in [0.1, 0.15) is 12.1 Å². The standard InChI is InChI=1S/C28H43NO9/c1-6-9-11-13-23(30)37-21-16-15-20(17-22(21)38-24(31)14-12-10-7-2)25(26(29)27(32)33)18(4)19(5)36-28(34)35-8-3/h15-19,25-26H,6-14,29H2,1-5H3,(H,32,33)/t18?,19?,25?,26-/m0/s1. The van der Waals surface area contributed by atoms with Crippen molar-refractivity contribution in [2.75, 3.05) is 6.61 Å². The number of carbonyl (C=O) groups is 4. The molecule has 0 fully saturated rings. The van der Waals surface area contributed by atoms with Crippen LogP contribution in [0.15, 0.2) is 18.2 Å². The van der Waals surface area contributed by atoms with Gasteiger partial charge < -0.3 is 29.8 Å². The third-order valence-electron chi connectivity index (χ3n) is 6.29. The monoisotopic (exact) mass is 537 g/mol. The molecule has 38 heavy (non-hydrogen) atoms. The molecule has 1 rings (SSSR count). The summed E-state index contributed by atoms with van der Waals surface area (Å²) in [5.41, 5.74) is 6.50. The summed E-state index contributed by atoms with van der Waals surface area (Å²) < 4.78 is 21.2. The number of nitrogens with two attached hydrogens (primary N) is 1. The molecule has 0 aliphatic heterocycles. The molecule has 1 aromatic rings. The van der Waals surface area contributed by atoms with Crippen molar-refractivity contribution >= 4 is 24.1 Å². The first-order valence-electron chi connectivity index (χ1n) is 13.4. The van der Waals surface area contributed by atoms with Gasteiger partial charge in [0.15, 0.2) is 11.5 Å². The van der Waals surface area contributed by atoms with Crippen LogP contribution in [0.25, 0.3) is 0 Å². The Morgan fingerprint density at radius 2 is 1.42 bits per heavy atom. The number of hydrogen-bond donors (Lipinski definition) is 2. The summed E-state index contributed by atoms with van der Waals surface area (Å²) in [6.07, 6.45) is 3.71. The average Bonchev–Trinajstić information content (AvgIpc) is 2.85. The van der Waals surface area contributed by atoms with Crippen LogP contribution in [-0.2, 0) is 23.9 Å². The summed E-state index contributed by atoms with van der Waals surface area (Å²) >= 11 is 0. The summed E-state index contributed by atoms with van der Waals surface area (Å²) in [7, 11) is 0. The smallest absolute Gasteiger partial charge is 0.480 e. The molecule has 214 valence electrons. The molecule has 0 aliphatic carbocycles. The van der Waals surface area contributed by atoms with Crippen molar-refractivity contribution in [1.82, 2.24) is 0 Å². The third-order valence-corrected chi connectivity index (χ3v) is 6.29. The Hall–Kier alpha value is -3.14. The van der Waals surface area contributed by atoms with Crippen molar-refractivity contribution in [3.05, 3.63) is 23.8 Å². The van der Waals surface area contributed by atoms with E-state index >= 15 is 0 Å². The van der Waals surface area contributed by atoms with Gasteiger partial charge in [-0.2, -0.15) is 0 Å². The molecule has 0 amide bonds. The normalized spacial score (nSPS) is 14.1. The van der Waals surface area contributed by atoms with Crippen LogP contribution in [0.4, 0.5) is 4.79 Å². The Balaban J connectivity index is 3.36. The van der Waals surface area contributed by atoms with Gasteiger partial charge in [-0.1, -0.05) is 52.5 Å². The molecule has 3 N–H and O–H groups in total. The van der Waals surface area contributed by atoms with Crippen LogP contribution in [0.1, 0.15) is 97.5 Å². The zero-order valence-corrected chi connectivity index (χ0v) is 23.2. The fourth-order valence-electron chi connectivity index (χ4n) is 3.98. The molecule has 1 aromatic carbocycles. The lowest BCUT2D eigenvalue weighted by Crippen LogP contribution is -2.42. The molecule has 0 aliphatic rings. The van der Waals surface area contributed by atoms with Crippen LogP contribution in [0.5, 0.6) is 11.5 Å². The lowest BCUT2D eigenvalue weighted by Gasteiger charge is -2.31. The van der Waals surface area contributed by atoms with Gasteiger partial charge in [-0.3, -0.25) is 14.4 Å². The van der Waals surface area contributed by atoms with E-state index in [0.29, 0.717) is 18.4 Å². The van der Waals surface area contributed by atoms with Gasteiger partial charge in [-0.25, -0.2) is 4.79 Å². The van der Waals surface area contributed by atoms with E-state index in [2.05, 4.69) is 0 Å². The Labute approximate surface area is 225 Å². The SMILES string of the molecule is CCCCCC(=O)Oc1ccc(C(C(C)C(C)OC(=O)OCC)[C@H](N)C(=O)O)cc1OC(=O)CCCCC. The van der Waals surface area contributed by atoms with Crippen molar-refractivity contribution in [3.8, 4) is 11.5 Å². The molecular formula is C28H43NO9. The molecule has 0 aromatic heterocycles. The second kappa shape index (κ2) is 17.4. The van der Waals surface area contributed by atoms with Crippen LogP contribution in [-0.4, -0.2) is 47.9 Å². The lowest BCUT2D eigenvalue weighted by atomic mass is 9.79. The number of hydrogen-bond acceptors (Lipinski definition) is 9. The highest BCUT2D eigenvalue weighted by molar-refractivity contribution is 5.77. The molecule has 10 nitrogen and oxygen atoms in total. The quantitative estimate of drug-likeness (QED) is 0.151. The van der Waals surface area contributed by atoms with Crippen molar-refractivity contribution in [3.63, 3.8) is 0 Å². The second-order valence-electron chi connectivity index (χ2n) is 9.32. The number of rotatable bonds is 17. The number of aliphatic carboxylic acids is 1. The summed E-state index contributed by atoms with van der Waals surface area (Å²) in [5.74, 6) is -3.56. The van der Waals surface area contributed by atoms with E-state index in [1.807, 2.05) is 13.8 Å². The minimum absolute atomic E-state index is 0.00147. The molecule has 0 saturated heterocycles. The maximum Gasteiger partial charge on any atom is 0.508 e. The third kappa shape index (κ3) is 11.1. The van der Waals surface area contributed by atoms with E-state index in [0.717, 1.165) is 25.7 Å². The van der Waals surface area contributed by atoms with E-state index in [-0.39, 0.29) is 30.9 Å². The van der Waals surface area contributed by atoms with E-state index in [4.69, 9.17) is 24.7 Å². The van der Waals surface area contributed by atoms with Crippen LogP contribution in [0.2, 0.25) is 0 Å². The van der Waals surface area contributed by atoms with Crippen LogP contribution >= 0.6 is 0 Å². The minimum atomic E-state index is -1.37. The minimum Gasteiger partial charge on any atom is -0.480 e. The number of unbranched alkanes of at least 4 members (excludes halogenated alkanes) is 4. The second-order valence-corrected chi connectivity index (χ2v) is 9.32. The summed E-state index contributed by atoms with van der Waals surface area (Å²) in [5, 5.41) is 9.71. The molecule has 3 unspecified atom stereocenters. The number of esters is 2. The van der Waals surface area contributed by atoms with E-state index < -0.39 is 48.0 Å². The van der Waals surface area contributed by atoms with E-state index in [9.17, 15) is 24.3 Å². The van der Waals surface area contributed by atoms with Gasteiger partial charge in [0.2, 0.25) is 0 Å². The predicted molar refractivity (Wildman–Crippen MR) is 141 cm³/mol. The van der Waals surface area contributed by atoms with E-state index in [1.165, 1.54) is 12.1 Å². The lowest BCUT2D eigenvalue weighted by molar-refractivity contribution is -0.140. The van der Waals surface area contributed by atoms with Crippen molar-refractivity contribution in [1.29, 1.82) is 0 Å². The van der Waals surface area contributed by atoms with Crippen molar-refractivity contribution in [2.24, 2.45) is 11.7 Å². The predicted octanol–water partition coefficient (Wildman–Crippen LogP) is 5.35. The average molecular weight is 538 g/mol. The molecule has 0 spiro atoms. The van der Waals surface area contributed by atoms with Crippen LogP contribution in [0, 0.1) is 5.92 Å². The largest absolute Gasteiger partial charge is 0.508 e. The Kier molecular flexibility index (Phi) is 15.0. The number of benzene rings is 1. The number of carboxylic acid groups (broad SMARTS) is 1. The fourth-order valence-corrected chi connectivity index (χ4v) is 3.98. The van der Waals surface area contributed by atoms with Crippen LogP contribution in [0.3, 0.4) is 0 Å².